The molecule has 0 heterocycles. The van der Waals surface area contributed by atoms with E-state index < -0.39 is 5.60 Å². The van der Waals surface area contributed by atoms with Crippen LogP contribution < -0.4 is 0 Å². The third-order valence-electron chi connectivity index (χ3n) is 3.95. The summed E-state index contributed by atoms with van der Waals surface area (Å²) >= 11 is 0. The van der Waals surface area contributed by atoms with Crippen LogP contribution in [0.5, 0.6) is 0 Å². The van der Waals surface area contributed by atoms with Crippen molar-refractivity contribution in [3.63, 3.8) is 0 Å². The molecule has 6 nitrogen and oxygen atoms in total. The number of hydrogen-bond donors (Lipinski definition) is 2. The number of hydrogen-bond acceptors (Lipinski definition) is 6. The zero-order valence-corrected chi connectivity index (χ0v) is 15.9. The molecule has 0 aliphatic heterocycles. The monoisotopic (exact) mass is 370 g/mol. The second-order valence-corrected chi connectivity index (χ2v) is 6.11. The second-order valence-electron chi connectivity index (χ2n) is 6.11. The van der Waals surface area contributed by atoms with Gasteiger partial charge < -0.3 is 29.2 Å². The molecule has 1 aromatic carbocycles. The number of aliphatic hydroxyl groups excluding tert-OH is 1. The van der Waals surface area contributed by atoms with Crippen molar-refractivity contribution in [3.05, 3.63) is 35.9 Å². The minimum Gasteiger partial charge on any atom is -0.394 e. The van der Waals surface area contributed by atoms with Gasteiger partial charge in [0.25, 0.3) is 0 Å². The lowest BCUT2D eigenvalue weighted by atomic mass is 9.89. The van der Waals surface area contributed by atoms with Gasteiger partial charge in [0.2, 0.25) is 0 Å². The van der Waals surface area contributed by atoms with Gasteiger partial charge in [0.05, 0.1) is 59.5 Å². The SMILES string of the molecule is CCCCC(O)(COCCOCCOCCOCCO)c1ccccc1. The van der Waals surface area contributed by atoms with E-state index in [2.05, 4.69) is 6.92 Å². The van der Waals surface area contributed by atoms with Crippen molar-refractivity contribution in [1.29, 1.82) is 0 Å². The molecule has 1 atom stereocenters. The maximum atomic E-state index is 11.0. The predicted octanol–water partition coefficient (Wildman–Crippen LogP) is 2.12. The van der Waals surface area contributed by atoms with Crippen LogP contribution in [0.3, 0.4) is 0 Å². The Morgan fingerprint density at radius 2 is 1.35 bits per heavy atom. The Kier molecular flexibility index (Phi) is 13.4. The van der Waals surface area contributed by atoms with Gasteiger partial charge in [0.15, 0.2) is 0 Å². The lowest BCUT2D eigenvalue weighted by Gasteiger charge is -2.28. The molecule has 0 aliphatic rings. The van der Waals surface area contributed by atoms with Gasteiger partial charge >= 0.3 is 0 Å². The minimum atomic E-state index is -0.949. The van der Waals surface area contributed by atoms with Crippen LogP contribution in [0.2, 0.25) is 0 Å². The Labute approximate surface area is 157 Å². The van der Waals surface area contributed by atoms with Crippen LogP contribution >= 0.6 is 0 Å². The van der Waals surface area contributed by atoms with Gasteiger partial charge in [-0.2, -0.15) is 0 Å². The Balaban J connectivity index is 2.12. The molecular formula is C20H34O6. The summed E-state index contributed by atoms with van der Waals surface area (Å²) in [4.78, 5) is 0. The van der Waals surface area contributed by atoms with E-state index in [0.717, 1.165) is 18.4 Å². The molecule has 150 valence electrons. The Hall–Kier alpha value is -1.02. The van der Waals surface area contributed by atoms with Gasteiger partial charge in [-0.3, -0.25) is 0 Å². The third-order valence-corrected chi connectivity index (χ3v) is 3.95. The first-order valence-electron chi connectivity index (χ1n) is 9.42. The molecule has 0 bridgehead atoms. The lowest BCUT2D eigenvalue weighted by Crippen LogP contribution is -2.32. The van der Waals surface area contributed by atoms with E-state index in [9.17, 15) is 5.11 Å². The molecule has 26 heavy (non-hydrogen) atoms. The van der Waals surface area contributed by atoms with Crippen LogP contribution in [0.15, 0.2) is 30.3 Å². The largest absolute Gasteiger partial charge is 0.394 e. The fraction of sp³-hybridized carbons (Fsp3) is 0.700. The Morgan fingerprint density at radius 3 is 1.88 bits per heavy atom. The zero-order chi connectivity index (χ0) is 18.9. The zero-order valence-electron chi connectivity index (χ0n) is 15.9. The highest BCUT2D eigenvalue weighted by Crippen LogP contribution is 2.27. The Morgan fingerprint density at radius 1 is 0.808 bits per heavy atom. The fourth-order valence-electron chi connectivity index (χ4n) is 2.48. The number of aliphatic hydroxyl groups is 2. The summed E-state index contributed by atoms with van der Waals surface area (Å²) < 4.78 is 21.5. The first kappa shape index (κ1) is 23.0. The number of rotatable bonds is 17. The molecule has 0 spiro atoms. The van der Waals surface area contributed by atoms with Crippen LogP contribution in [0.1, 0.15) is 31.7 Å². The van der Waals surface area contributed by atoms with Crippen molar-refractivity contribution in [2.45, 2.75) is 31.8 Å². The van der Waals surface area contributed by atoms with E-state index in [4.69, 9.17) is 24.1 Å². The van der Waals surface area contributed by atoms with Gasteiger partial charge in [-0.25, -0.2) is 0 Å². The summed E-state index contributed by atoms with van der Waals surface area (Å²) in [5.74, 6) is 0. The molecule has 1 unspecified atom stereocenters. The highest BCUT2D eigenvalue weighted by Gasteiger charge is 2.28. The molecule has 2 N–H and O–H groups in total. The predicted molar refractivity (Wildman–Crippen MR) is 100 cm³/mol. The topological polar surface area (TPSA) is 77.4 Å². The third kappa shape index (κ3) is 10.2. The first-order valence-corrected chi connectivity index (χ1v) is 9.42. The number of ether oxygens (including phenoxy) is 4. The summed E-state index contributed by atoms with van der Waals surface area (Å²) in [6, 6.07) is 9.70. The molecule has 0 radical (unpaired) electrons. The van der Waals surface area contributed by atoms with Gasteiger partial charge in [0, 0.05) is 0 Å². The fourth-order valence-corrected chi connectivity index (χ4v) is 2.48. The van der Waals surface area contributed by atoms with Crippen LogP contribution in [0.4, 0.5) is 0 Å². The van der Waals surface area contributed by atoms with Crippen molar-refractivity contribution in [3.8, 4) is 0 Å². The summed E-state index contributed by atoms with van der Waals surface area (Å²) in [5.41, 5.74) is -0.0548. The highest BCUT2D eigenvalue weighted by molar-refractivity contribution is 5.22. The van der Waals surface area contributed by atoms with E-state index in [-0.39, 0.29) is 13.2 Å². The van der Waals surface area contributed by atoms with Crippen LogP contribution in [0, 0.1) is 0 Å². The Bertz CT molecular complexity index is 428. The standard InChI is InChI=1S/C20H34O6/c1-2-3-9-20(22,19-7-5-4-6-8-19)18-26-17-16-25-15-14-24-13-12-23-11-10-21/h4-8,21-22H,2-3,9-18H2,1H3. The van der Waals surface area contributed by atoms with Gasteiger partial charge in [-0.1, -0.05) is 50.1 Å². The second kappa shape index (κ2) is 15.1. The van der Waals surface area contributed by atoms with Gasteiger partial charge in [0.1, 0.15) is 5.60 Å². The number of benzene rings is 1. The van der Waals surface area contributed by atoms with E-state index >= 15 is 0 Å². The molecule has 1 aromatic rings. The van der Waals surface area contributed by atoms with E-state index in [1.54, 1.807) is 0 Å². The van der Waals surface area contributed by atoms with Crippen molar-refractivity contribution in [2.24, 2.45) is 0 Å². The molecule has 0 fully saturated rings. The highest BCUT2D eigenvalue weighted by atomic mass is 16.6. The minimum absolute atomic E-state index is 0.0287. The smallest absolute Gasteiger partial charge is 0.113 e. The summed E-state index contributed by atoms with van der Waals surface area (Å²) in [6.45, 7) is 5.58. The lowest BCUT2D eigenvalue weighted by molar-refractivity contribution is -0.0713. The average molecular weight is 370 g/mol. The molecule has 0 aromatic heterocycles. The molecule has 0 saturated carbocycles. The van der Waals surface area contributed by atoms with Crippen LogP contribution in [-0.4, -0.2) is 69.7 Å². The molecule has 0 aliphatic carbocycles. The summed E-state index contributed by atoms with van der Waals surface area (Å²) in [6.07, 6.45) is 2.66. The van der Waals surface area contributed by atoms with Gasteiger partial charge in [-0.05, 0) is 12.0 Å². The van der Waals surface area contributed by atoms with Crippen LogP contribution in [0.25, 0.3) is 0 Å². The normalized spacial score (nSPS) is 13.7. The van der Waals surface area contributed by atoms with E-state index in [1.807, 2.05) is 30.3 Å². The number of unbranched alkanes of at least 4 members (excludes halogenated alkanes) is 1. The molecule has 0 saturated heterocycles. The van der Waals surface area contributed by atoms with Crippen molar-refractivity contribution in [1.82, 2.24) is 0 Å². The maximum Gasteiger partial charge on any atom is 0.113 e. The first-order chi connectivity index (χ1) is 12.7. The van der Waals surface area contributed by atoms with Gasteiger partial charge in [-0.15, -0.1) is 0 Å². The molecule has 1 rings (SSSR count). The molecule has 6 heteroatoms. The van der Waals surface area contributed by atoms with Crippen molar-refractivity contribution < 1.29 is 29.2 Å². The quantitative estimate of drug-likeness (QED) is 0.409. The average Bonchev–Trinajstić information content (AvgIpc) is 2.68. The van der Waals surface area contributed by atoms with E-state index in [1.165, 1.54) is 0 Å². The van der Waals surface area contributed by atoms with Crippen molar-refractivity contribution in [2.75, 3.05) is 59.5 Å². The maximum absolute atomic E-state index is 11.0. The van der Waals surface area contributed by atoms with Crippen molar-refractivity contribution >= 4 is 0 Å². The van der Waals surface area contributed by atoms with E-state index in [0.29, 0.717) is 52.7 Å². The molecule has 0 amide bonds. The van der Waals surface area contributed by atoms with Crippen LogP contribution in [-0.2, 0) is 24.5 Å². The summed E-state index contributed by atoms with van der Waals surface area (Å²) in [7, 11) is 0. The molecular weight excluding hydrogens is 336 g/mol. The summed E-state index contributed by atoms with van der Waals surface area (Å²) in [5, 5.41) is 19.5.